The summed E-state index contributed by atoms with van der Waals surface area (Å²) >= 11 is 0. The molecule has 0 aliphatic carbocycles. The molecule has 144 valence electrons. The number of ether oxygens (including phenoxy) is 1. The van der Waals surface area contributed by atoms with E-state index in [0.717, 1.165) is 16.5 Å². The van der Waals surface area contributed by atoms with E-state index < -0.39 is 6.04 Å². The van der Waals surface area contributed by atoms with Crippen molar-refractivity contribution in [3.05, 3.63) is 53.6 Å². The molecule has 1 unspecified atom stereocenters. The van der Waals surface area contributed by atoms with Crippen LogP contribution in [0.4, 0.5) is 11.5 Å². The monoisotopic (exact) mass is 377 g/mol. The van der Waals surface area contributed by atoms with Crippen molar-refractivity contribution >= 4 is 28.3 Å². The summed E-state index contributed by atoms with van der Waals surface area (Å²) in [7, 11) is 1.82. The summed E-state index contributed by atoms with van der Waals surface area (Å²) in [6, 6.07) is 14.6. The van der Waals surface area contributed by atoms with Gasteiger partial charge in [0.25, 0.3) is 0 Å². The predicted octanol–water partition coefficient (Wildman–Crippen LogP) is 2.89. The third-order valence-corrected chi connectivity index (χ3v) is 4.70. The van der Waals surface area contributed by atoms with Crippen LogP contribution < -0.4 is 21.5 Å². The Morgan fingerprint density at radius 3 is 2.82 bits per heavy atom. The number of aromatic nitrogens is 1. The number of carbonyl (C=O) groups excluding carboxylic acids is 1. The first-order valence-corrected chi connectivity index (χ1v) is 9.00. The van der Waals surface area contributed by atoms with Crippen molar-refractivity contribution in [1.29, 1.82) is 5.26 Å². The van der Waals surface area contributed by atoms with Crippen molar-refractivity contribution in [3.63, 3.8) is 0 Å². The molecule has 2 aromatic carbocycles. The number of nitrogens with zero attached hydrogens (tertiary/aromatic N) is 2. The Morgan fingerprint density at radius 1 is 1.32 bits per heavy atom. The van der Waals surface area contributed by atoms with Crippen LogP contribution in [0.5, 0.6) is 5.75 Å². The number of nitrogens with two attached hydrogens (primary N) is 2. The number of aryl methyl sites for hydroxylation is 1. The van der Waals surface area contributed by atoms with E-state index in [4.69, 9.17) is 16.2 Å². The molecule has 28 heavy (non-hydrogen) atoms. The third-order valence-electron chi connectivity index (χ3n) is 4.70. The summed E-state index contributed by atoms with van der Waals surface area (Å²) in [4.78, 5) is 11.9. The highest BCUT2D eigenvalue weighted by Crippen LogP contribution is 2.30. The molecule has 5 N–H and O–H groups in total. The van der Waals surface area contributed by atoms with E-state index in [1.807, 2.05) is 56.4 Å². The van der Waals surface area contributed by atoms with Gasteiger partial charge in [-0.05, 0) is 42.3 Å². The largest absolute Gasteiger partial charge is 0.489 e. The van der Waals surface area contributed by atoms with Crippen LogP contribution in [0.1, 0.15) is 24.5 Å². The normalized spacial score (nSPS) is 11.8. The van der Waals surface area contributed by atoms with Gasteiger partial charge < -0.3 is 26.1 Å². The number of fused-ring (bicyclic) bond motifs is 1. The number of hydrogen-bond acceptors (Lipinski definition) is 5. The lowest BCUT2D eigenvalue weighted by atomic mass is 10.1. The van der Waals surface area contributed by atoms with Crippen LogP contribution in [-0.2, 0) is 18.4 Å². The van der Waals surface area contributed by atoms with Crippen LogP contribution in [0.3, 0.4) is 0 Å². The number of rotatable bonds is 6. The molecule has 3 rings (SSSR count). The van der Waals surface area contributed by atoms with Gasteiger partial charge >= 0.3 is 0 Å². The summed E-state index contributed by atoms with van der Waals surface area (Å²) in [6.45, 7) is 2.18. The predicted molar refractivity (Wildman–Crippen MR) is 110 cm³/mol. The van der Waals surface area contributed by atoms with Crippen LogP contribution in [-0.4, -0.2) is 16.5 Å². The van der Waals surface area contributed by atoms with Gasteiger partial charge in [0.2, 0.25) is 5.91 Å². The molecule has 1 heterocycles. The van der Waals surface area contributed by atoms with Crippen molar-refractivity contribution < 1.29 is 9.53 Å². The van der Waals surface area contributed by atoms with Gasteiger partial charge in [-0.1, -0.05) is 19.1 Å². The van der Waals surface area contributed by atoms with Gasteiger partial charge in [0.15, 0.2) is 0 Å². The van der Waals surface area contributed by atoms with Crippen LogP contribution in [0.25, 0.3) is 10.9 Å². The molecule has 7 nitrogen and oxygen atoms in total. The fourth-order valence-electron chi connectivity index (χ4n) is 2.98. The summed E-state index contributed by atoms with van der Waals surface area (Å²) in [6.07, 6.45) is 0.575. The highest BCUT2D eigenvalue weighted by molar-refractivity contribution is 5.94. The van der Waals surface area contributed by atoms with Crippen LogP contribution >= 0.6 is 0 Å². The van der Waals surface area contributed by atoms with E-state index in [1.165, 1.54) is 0 Å². The molecule has 0 spiro atoms. The smallest absolute Gasteiger partial charge is 0.241 e. The fourth-order valence-corrected chi connectivity index (χ4v) is 2.98. The van der Waals surface area contributed by atoms with Crippen LogP contribution in [0.2, 0.25) is 0 Å². The lowest BCUT2D eigenvalue weighted by molar-refractivity contribution is -0.117. The number of benzene rings is 2. The zero-order valence-electron chi connectivity index (χ0n) is 15.9. The van der Waals surface area contributed by atoms with Gasteiger partial charge in [-0.2, -0.15) is 5.26 Å². The Morgan fingerprint density at radius 2 is 2.11 bits per heavy atom. The third kappa shape index (κ3) is 3.77. The summed E-state index contributed by atoms with van der Waals surface area (Å²) in [5, 5.41) is 12.9. The SMILES string of the molecule is CCC(N)C(=O)Nc1cccc(COc2ccc3c(c2)c(C#N)c(N)n3C)c1. The van der Waals surface area contributed by atoms with E-state index in [2.05, 4.69) is 11.4 Å². The van der Waals surface area contributed by atoms with Gasteiger partial charge in [-0.25, -0.2) is 0 Å². The molecule has 1 aromatic heterocycles. The average Bonchev–Trinajstić information content (AvgIpc) is 2.95. The molecule has 0 saturated carbocycles. The highest BCUT2D eigenvalue weighted by atomic mass is 16.5. The van der Waals surface area contributed by atoms with Gasteiger partial charge in [0.05, 0.1) is 11.6 Å². The quantitative estimate of drug-likeness (QED) is 0.610. The number of carbonyl (C=O) groups is 1. The minimum absolute atomic E-state index is 0.211. The maximum Gasteiger partial charge on any atom is 0.241 e. The van der Waals surface area contributed by atoms with E-state index in [9.17, 15) is 10.1 Å². The second-order valence-electron chi connectivity index (χ2n) is 6.60. The minimum Gasteiger partial charge on any atom is -0.489 e. The first-order valence-electron chi connectivity index (χ1n) is 9.00. The zero-order valence-corrected chi connectivity index (χ0v) is 15.9. The molecule has 1 atom stereocenters. The number of anilines is 2. The van der Waals surface area contributed by atoms with E-state index in [1.54, 1.807) is 4.57 Å². The number of hydrogen-bond donors (Lipinski definition) is 3. The maximum absolute atomic E-state index is 11.9. The molecule has 0 saturated heterocycles. The van der Waals surface area contributed by atoms with E-state index in [0.29, 0.717) is 35.8 Å². The molecule has 3 aromatic rings. The van der Waals surface area contributed by atoms with Crippen molar-refractivity contribution in [1.82, 2.24) is 4.57 Å². The summed E-state index contributed by atoms with van der Waals surface area (Å²) in [5.41, 5.74) is 14.6. The molecule has 1 amide bonds. The van der Waals surface area contributed by atoms with Crippen LogP contribution in [0.15, 0.2) is 42.5 Å². The molecular weight excluding hydrogens is 354 g/mol. The topological polar surface area (TPSA) is 119 Å². The fraction of sp³-hybridized carbons (Fsp3) is 0.238. The molecule has 0 fully saturated rings. The number of nitrogen functional groups attached to an aromatic ring is 1. The first-order chi connectivity index (χ1) is 13.4. The Balaban J connectivity index is 1.75. The molecule has 0 bridgehead atoms. The number of amides is 1. The second-order valence-corrected chi connectivity index (χ2v) is 6.60. The Labute approximate surface area is 163 Å². The maximum atomic E-state index is 11.9. The van der Waals surface area contributed by atoms with Gasteiger partial charge in [-0.3, -0.25) is 4.79 Å². The van der Waals surface area contributed by atoms with Gasteiger partial charge in [-0.15, -0.1) is 0 Å². The summed E-state index contributed by atoms with van der Waals surface area (Å²) in [5.74, 6) is 0.858. The number of nitriles is 1. The zero-order chi connectivity index (χ0) is 20.3. The lowest BCUT2D eigenvalue weighted by Crippen LogP contribution is -2.34. The van der Waals surface area contributed by atoms with Crippen molar-refractivity contribution in [3.8, 4) is 11.8 Å². The average molecular weight is 377 g/mol. The van der Waals surface area contributed by atoms with Gasteiger partial charge in [0, 0.05) is 18.1 Å². The molecule has 7 heteroatoms. The Hall–Kier alpha value is -3.50. The van der Waals surface area contributed by atoms with Crippen LogP contribution in [0, 0.1) is 11.3 Å². The second kappa shape index (κ2) is 8.03. The molecular formula is C21H23N5O2. The first kappa shape index (κ1) is 19.3. The van der Waals surface area contributed by atoms with Crippen molar-refractivity contribution in [2.24, 2.45) is 12.8 Å². The minimum atomic E-state index is -0.528. The highest BCUT2D eigenvalue weighted by Gasteiger charge is 2.14. The van der Waals surface area contributed by atoms with Gasteiger partial charge in [0.1, 0.15) is 29.8 Å². The van der Waals surface area contributed by atoms with E-state index >= 15 is 0 Å². The Kier molecular flexibility index (Phi) is 5.52. The molecule has 0 aliphatic heterocycles. The van der Waals surface area contributed by atoms with E-state index in [-0.39, 0.29) is 5.91 Å². The number of nitrogens with one attached hydrogen (secondary N) is 1. The molecule has 0 aliphatic rings. The van der Waals surface area contributed by atoms with Crippen molar-refractivity contribution in [2.75, 3.05) is 11.1 Å². The summed E-state index contributed by atoms with van der Waals surface area (Å²) < 4.78 is 7.66. The standard InChI is InChI=1S/C21H23N5O2/c1-3-18(23)21(27)25-14-6-4-5-13(9-14)12-28-15-7-8-19-16(10-15)17(11-22)20(24)26(19)2/h4-10,18H,3,12,23-24H2,1-2H3,(H,25,27). The lowest BCUT2D eigenvalue weighted by Gasteiger charge is -2.12. The molecule has 0 radical (unpaired) electrons. The Bertz CT molecular complexity index is 1060. The van der Waals surface area contributed by atoms with Crippen molar-refractivity contribution in [2.45, 2.75) is 26.0 Å².